The topological polar surface area (TPSA) is 0 Å². The first-order valence-electron chi connectivity index (χ1n) is 59.8. The Balaban J connectivity index is 0.000000621. The van der Waals surface area contributed by atoms with Crippen LogP contribution in [-0.4, -0.2) is 0 Å². The van der Waals surface area contributed by atoms with Crippen LogP contribution in [0.5, 0.6) is 0 Å². The molecule has 5 atom stereocenters. The maximum absolute atomic E-state index is 2.53. The van der Waals surface area contributed by atoms with Crippen LogP contribution in [0.4, 0.5) is 0 Å². The van der Waals surface area contributed by atoms with Gasteiger partial charge < -0.3 is 0 Å². The van der Waals surface area contributed by atoms with Crippen LogP contribution in [0.15, 0.2) is 0 Å². The van der Waals surface area contributed by atoms with Crippen molar-refractivity contribution in [3.63, 3.8) is 0 Å². The molecule has 0 spiro atoms. The van der Waals surface area contributed by atoms with Crippen molar-refractivity contribution in [2.24, 2.45) is 29.6 Å². The van der Waals surface area contributed by atoms with Crippen molar-refractivity contribution in [2.75, 3.05) is 0 Å². The third-order valence-electron chi connectivity index (χ3n) is 32.0. The molecule has 0 aromatic heterocycles. The number of hydrogen-bond acceptors (Lipinski definition) is 0. The molecule has 4 aliphatic rings. The van der Waals surface area contributed by atoms with Crippen LogP contribution in [-0.2, 0) is 0 Å². The Morgan fingerprint density at radius 2 is 0.117 bits per heavy atom. The molecular weight excluding hydrogens is 1440 g/mol. The lowest BCUT2D eigenvalue weighted by Crippen LogP contribution is -2.02. The molecule has 0 saturated heterocycles. The van der Waals surface area contributed by atoms with Gasteiger partial charge in [-0.05, 0) is 29.6 Å². The molecule has 0 nitrogen and oxygen atoms in total. The lowest BCUT2D eigenvalue weighted by atomic mass is 9.88. The van der Waals surface area contributed by atoms with Crippen molar-refractivity contribution in [1.82, 2.24) is 0 Å². The molecule has 0 aromatic carbocycles. The summed E-state index contributed by atoms with van der Waals surface area (Å²) in [5, 5.41) is 0. The summed E-state index contributed by atoms with van der Waals surface area (Å²) < 4.78 is 0. The maximum atomic E-state index is 2.53. The van der Waals surface area contributed by atoms with Crippen LogP contribution >= 0.6 is 0 Å². The highest BCUT2D eigenvalue weighted by atomic mass is 14.2. The van der Waals surface area contributed by atoms with Gasteiger partial charge in [-0.25, -0.2) is 0 Å². The quantitative estimate of drug-likeness (QED) is 0.227. The van der Waals surface area contributed by atoms with Gasteiger partial charge >= 0.3 is 0 Å². The first-order chi connectivity index (χ1) is 59.8. The van der Waals surface area contributed by atoms with Crippen molar-refractivity contribution in [3.05, 3.63) is 0 Å². The standard InChI is InChI=1S/C61H120.C59H116/c1-2-4-6-8-10-12-14-16-18-20-22-24-26-28-31-36-42-48-54-60-56-50-44-38-33-30-34-39-45-51-57-61(59-53-47-41-35-40-46-52-58-60)55-49-43-37-32-29-27-25-23-21-19-17-15-13-11-9-7-5-3-1;1-57-49-41-33-25-19-15-11-9-7-5-3-2-4-6-8-10-12-17-21-27-35-43-51-58-53-45-37-29-23-24-30-38-46-54-59(56-48-40-32-31-39-47-55-58)52-44-36-28-22-18-14-13-16-20-26-34-42-50-57/h60-61H,1-59H2;57-59H,2-56H2,1H3. The van der Waals surface area contributed by atoms with Gasteiger partial charge in [0, 0.05) is 0 Å². The minimum atomic E-state index is 0.962. The molecule has 0 heterocycles. The zero-order valence-electron chi connectivity index (χ0n) is 84.5. The smallest absolute Gasteiger partial charge is 0.0414 e. The van der Waals surface area contributed by atoms with E-state index in [1.807, 2.05) is 0 Å². The Kier molecular flexibility index (Phi) is 94.7. The van der Waals surface area contributed by atoms with Crippen LogP contribution in [0.2, 0.25) is 0 Å². The molecule has 0 heteroatoms. The summed E-state index contributed by atoms with van der Waals surface area (Å²) in [6.07, 6.45) is 172. The zero-order chi connectivity index (χ0) is 84.5. The van der Waals surface area contributed by atoms with Crippen molar-refractivity contribution >= 4 is 0 Å². The van der Waals surface area contributed by atoms with Crippen molar-refractivity contribution in [1.29, 1.82) is 0 Å². The van der Waals surface area contributed by atoms with Crippen LogP contribution in [0.25, 0.3) is 0 Å². The van der Waals surface area contributed by atoms with Crippen LogP contribution < -0.4 is 0 Å². The molecule has 4 fully saturated rings. The molecule has 0 radical (unpaired) electrons. The molecular formula is C120H236. The second-order valence-electron chi connectivity index (χ2n) is 44.0. The summed E-state index contributed by atoms with van der Waals surface area (Å²) in [7, 11) is 0. The molecule has 120 heavy (non-hydrogen) atoms. The monoisotopic (exact) mass is 1680 g/mol. The van der Waals surface area contributed by atoms with Crippen molar-refractivity contribution in [3.8, 4) is 0 Å². The Morgan fingerprint density at radius 3 is 0.183 bits per heavy atom. The minimum Gasteiger partial charge on any atom is -0.0625 e. The lowest BCUT2D eigenvalue weighted by Gasteiger charge is -2.18. The number of hydrogen-bond donors (Lipinski definition) is 0. The third-order valence-corrected chi connectivity index (χ3v) is 32.0. The minimum absolute atomic E-state index is 0.962. The van der Waals surface area contributed by atoms with Gasteiger partial charge in [-0.3, -0.25) is 0 Å². The molecule has 4 aliphatic carbocycles. The molecule has 716 valence electrons. The van der Waals surface area contributed by atoms with Gasteiger partial charge in [0.05, 0.1) is 0 Å². The van der Waals surface area contributed by atoms with Crippen LogP contribution in [0.1, 0.15) is 739 Å². The lowest BCUT2D eigenvalue weighted by molar-refractivity contribution is 0.355. The summed E-state index contributed by atoms with van der Waals surface area (Å²) in [5.74, 6) is 5.12. The Labute approximate surface area is 763 Å². The average molecular weight is 1680 g/mol. The average Bonchev–Trinajstić information content (AvgIpc) is 1.01. The fourth-order valence-corrected chi connectivity index (χ4v) is 23.3. The van der Waals surface area contributed by atoms with E-state index in [0.29, 0.717) is 0 Å². The molecule has 0 amide bonds. The van der Waals surface area contributed by atoms with E-state index in [0.717, 1.165) is 29.6 Å². The van der Waals surface area contributed by atoms with Crippen molar-refractivity contribution in [2.45, 2.75) is 739 Å². The normalized spacial score (nSPS) is 27.3. The van der Waals surface area contributed by atoms with Gasteiger partial charge in [0.1, 0.15) is 0 Å². The maximum Gasteiger partial charge on any atom is -0.0414 e. The molecule has 5 unspecified atom stereocenters. The summed E-state index contributed by atoms with van der Waals surface area (Å²) in [6, 6.07) is 0. The fraction of sp³-hybridized carbons (Fsp3) is 1.00. The Bertz CT molecular complexity index is 1750. The summed E-state index contributed by atoms with van der Waals surface area (Å²) in [4.78, 5) is 0. The summed E-state index contributed by atoms with van der Waals surface area (Å²) in [6.45, 7) is 2.53. The fourth-order valence-electron chi connectivity index (χ4n) is 23.3. The van der Waals surface area contributed by atoms with Crippen LogP contribution in [0, 0.1) is 29.6 Å². The predicted molar refractivity (Wildman–Crippen MR) is 549 cm³/mol. The highest BCUT2D eigenvalue weighted by Crippen LogP contribution is 2.33. The first kappa shape index (κ1) is 114. The highest BCUT2D eigenvalue weighted by Gasteiger charge is 2.16. The second-order valence-corrected chi connectivity index (χ2v) is 44.0. The molecule has 0 N–H and O–H groups in total. The highest BCUT2D eigenvalue weighted by molar-refractivity contribution is 4.70. The molecule has 4 saturated carbocycles. The van der Waals surface area contributed by atoms with E-state index < -0.39 is 0 Å². The molecule has 4 bridgehead atoms. The van der Waals surface area contributed by atoms with Gasteiger partial charge in [-0.15, -0.1) is 0 Å². The van der Waals surface area contributed by atoms with Crippen molar-refractivity contribution < 1.29 is 0 Å². The second kappa shape index (κ2) is 99.6. The van der Waals surface area contributed by atoms with Gasteiger partial charge in [0.15, 0.2) is 0 Å². The van der Waals surface area contributed by atoms with Gasteiger partial charge in [-0.2, -0.15) is 0 Å². The third kappa shape index (κ3) is 88.6. The Morgan fingerprint density at radius 1 is 0.0667 bits per heavy atom. The Hall–Kier alpha value is 0. The predicted octanol–water partition coefficient (Wildman–Crippen LogP) is 45.6. The van der Waals surface area contributed by atoms with Gasteiger partial charge in [0.2, 0.25) is 0 Å². The van der Waals surface area contributed by atoms with E-state index in [1.54, 1.807) is 77.0 Å². The van der Waals surface area contributed by atoms with Gasteiger partial charge in [0.25, 0.3) is 0 Å². The largest absolute Gasteiger partial charge is 0.0625 e. The summed E-state index contributed by atoms with van der Waals surface area (Å²) >= 11 is 0. The molecule has 0 aromatic rings. The van der Waals surface area contributed by atoms with E-state index in [9.17, 15) is 0 Å². The zero-order valence-corrected chi connectivity index (χ0v) is 84.5. The molecule has 4 rings (SSSR count). The van der Waals surface area contributed by atoms with E-state index >= 15 is 0 Å². The van der Waals surface area contributed by atoms with E-state index in [-0.39, 0.29) is 0 Å². The van der Waals surface area contributed by atoms with Gasteiger partial charge in [-0.1, -0.05) is 739 Å². The van der Waals surface area contributed by atoms with E-state index in [1.165, 1.54) is 655 Å². The summed E-state index contributed by atoms with van der Waals surface area (Å²) in [5.41, 5.74) is 0. The van der Waals surface area contributed by atoms with E-state index in [2.05, 4.69) is 6.92 Å². The van der Waals surface area contributed by atoms with Crippen LogP contribution in [0.3, 0.4) is 0 Å². The number of fused-ring (bicyclic) bond motifs is 19. The molecule has 0 aliphatic heterocycles. The van der Waals surface area contributed by atoms with E-state index in [4.69, 9.17) is 0 Å². The SMILES string of the molecule is C1CCCCCCCCCCCCCCCCCCCC2CCCCCCCCCCCC(CCCCCCCCCCCCCCCCCCC1)CCCCCCCCC2.CC1CCCCCCCCCCCCCCCCCCCCCCCC2CCCCCCCCCCC(CCCCCCCCCCCCCC1)CCCCCCCC2. The number of rotatable bonds is 0. The first-order valence-corrected chi connectivity index (χ1v) is 59.8.